The molecule has 31 heavy (non-hydrogen) atoms. The van der Waals surface area contributed by atoms with Crippen molar-refractivity contribution in [2.24, 2.45) is 0 Å². The average molecular weight is 419 g/mol. The van der Waals surface area contributed by atoms with Crippen LogP contribution in [0.5, 0.6) is 0 Å². The Morgan fingerprint density at radius 3 is 2.55 bits per heavy atom. The Hall–Kier alpha value is -3.19. The summed E-state index contributed by atoms with van der Waals surface area (Å²) in [5.74, 6) is 0.925. The summed E-state index contributed by atoms with van der Waals surface area (Å²) in [4.78, 5) is 26.4. The number of carbonyl (C=O) groups excluding carboxylic acids is 1. The molecule has 4 rings (SSSR count). The van der Waals surface area contributed by atoms with Crippen LogP contribution in [-0.2, 0) is 6.54 Å². The van der Waals surface area contributed by atoms with Gasteiger partial charge in [0.15, 0.2) is 0 Å². The van der Waals surface area contributed by atoms with Crippen molar-refractivity contribution < 1.29 is 4.79 Å². The van der Waals surface area contributed by atoms with E-state index in [1.807, 2.05) is 44.3 Å². The minimum Gasteiger partial charge on any atom is -0.354 e. The van der Waals surface area contributed by atoms with Crippen LogP contribution >= 0.6 is 0 Å². The Labute approximate surface area is 183 Å². The first-order valence-electron chi connectivity index (χ1n) is 10.9. The van der Waals surface area contributed by atoms with Crippen LogP contribution < -0.4 is 10.2 Å². The van der Waals surface area contributed by atoms with Crippen LogP contribution in [0.4, 0.5) is 5.82 Å². The van der Waals surface area contributed by atoms with E-state index in [2.05, 4.69) is 42.6 Å². The molecule has 1 fully saturated rings. The molecule has 7 heteroatoms. The number of aromatic nitrogens is 3. The van der Waals surface area contributed by atoms with Crippen molar-refractivity contribution in [3.8, 4) is 5.69 Å². The number of rotatable bonds is 6. The molecule has 1 N–H and O–H groups in total. The second-order valence-electron chi connectivity index (χ2n) is 7.96. The number of likely N-dealkylation sites (N-methyl/N-ethyl adjacent to an activating group) is 1. The molecule has 0 atom stereocenters. The maximum atomic E-state index is 12.8. The minimum atomic E-state index is -0.0806. The van der Waals surface area contributed by atoms with E-state index in [1.54, 1.807) is 12.4 Å². The molecule has 3 aromatic rings. The van der Waals surface area contributed by atoms with Gasteiger partial charge in [0.2, 0.25) is 0 Å². The number of hydrogen-bond donors (Lipinski definition) is 1. The number of pyridine rings is 2. The molecule has 3 aromatic heterocycles. The molecule has 0 bridgehead atoms. The Morgan fingerprint density at radius 2 is 1.90 bits per heavy atom. The second-order valence-corrected chi connectivity index (χ2v) is 7.96. The maximum absolute atomic E-state index is 12.8. The van der Waals surface area contributed by atoms with Crippen LogP contribution in [0.2, 0.25) is 0 Å². The Morgan fingerprint density at radius 1 is 1.10 bits per heavy atom. The first-order chi connectivity index (χ1) is 15.1. The van der Waals surface area contributed by atoms with Gasteiger partial charge in [-0.3, -0.25) is 9.78 Å². The Bertz CT molecular complexity index is 1020. The minimum absolute atomic E-state index is 0.0806. The highest BCUT2D eigenvalue weighted by Crippen LogP contribution is 2.20. The van der Waals surface area contributed by atoms with Gasteiger partial charge in [-0.25, -0.2) is 4.98 Å². The lowest BCUT2D eigenvalue weighted by Crippen LogP contribution is -2.46. The van der Waals surface area contributed by atoms with E-state index in [1.165, 1.54) is 0 Å². The molecule has 1 aliphatic heterocycles. The molecule has 0 aliphatic carbocycles. The van der Waals surface area contributed by atoms with Crippen molar-refractivity contribution in [1.82, 2.24) is 24.8 Å². The number of nitrogens with one attached hydrogen (secondary N) is 1. The summed E-state index contributed by atoms with van der Waals surface area (Å²) < 4.78 is 2.05. The zero-order valence-electron chi connectivity index (χ0n) is 18.5. The van der Waals surface area contributed by atoms with Gasteiger partial charge in [-0.2, -0.15) is 0 Å². The first kappa shape index (κ1) is 21.1. The van der Waals surface area contributed by atoms with Crippen LogP contribution in [0.15, 0.2) is 48.9 Å². The van der Waals surface area contributed by atoms with Gasteiger partial charge in [0.05, 0.1) is 17.4 Å². The number of nitrogens with zero attached hydrogens (tertiary/aromatic N) is 5. The lowest BCUT2D eigenvalue weighted by atomic mass is 10.2. The number of amides is 1. The SMILES string of the molecule is CCN1CCN(c2ccc(CNC(=O)c3cc(C)n(-c4cccnc4)c3C)cn2)CC1. The third-order valence-corrected chi connectivity index (χ3v) is 5.99. The van der Waals surface area contributed by atoms with Gasteiger partial charge in [0.1, 0.15) is 5.82 Å². The predicted octanol–water partition coefficient (Wildman–Crippen LogP) is 2.96. The highest BCUT2D eigenvalue weighted by molar-refractivity contribution is 5.95. The summed E-state index contributed by atoms with van der Waals surface area (Å²) in [7, 11) is 0. The van der Waals surface area contributed by atoms with Crippen molar-refractivity contribution in [3.05, 3.63) is 71.4 Å². The number of anilines is 1. The van der Waals surface area contributed by atoms with Crippen molar-refractivity contribution in [2.75, 3.05) is 37.6 Å². The number of aryl methyl sites for hydroxylation is 1. The van der Waals surface area contributed by atoms with E-state index in [0.29, 0.717) is 12.1 Å². The first-order valence-corrected chi connectivity index (χ1v) is 10.9. The van der Waals surface area contributed by atoms with Crippen LogP contribution in [-0.4, -0.2) is 58.1 Å². The molecule has 162 valence electrons. The van der Waals surface area contributed by atoms with Crippen LogP contribution in [0.25, 0.3) is 5.69 Å². The molecule has 0 unspecified atom stereocenters. The molecule has 0 spiro atoms. The van der Waals surface area contributed by atoms with Gasteiger partial charge in [0, 0.05) is 56.5 Å². The maximum Gasteiger partial charge on any atom is 0.253 e. The molecule has 0 radical (unpaired) electrons. The average Bonchev–Trinajstić information content (AvgIpc) is 3.12. The van der Waals surface area contributed by atoms with Gasteiger partial charge in [-0.15, -0.1) is 0 Å². The zero-order valence-corrected chi connectivity index (χ0v) is 18.5. The van der Waals surface area contributed by atoms with Gasteiger partial charge in [-0.1, -0.05) is 13.0 Å². The van der Waals surface area contributed by atoms with E-state index >= 15 is 0 Å². The highest BCUT2D eigenvalue weighted by atomic mass is 16.1. The van der Waals surface area contributed by atoms with E-state index < -0.39 is 0 Å². The summed E-state index contributed by atoms with van der Waals surface area (Å²) in [6, 6.07) is 9.92. The summed E-state index contributed by atoms with van der Waals surface area (Å²) in [6.07, 6.45) is 5.41. The Balaban J connectivity index is 1.38. The molecule has 1 aliphatic rings. The van der Waals surface area contributed by atoms with Crippen LogP contribution in [0.1, 0.15) is 34.2 Å². The van der Waals surface area contributed by atoms with E-state index in [4.69, 9.17) is 0 Å². The molecular formula is C24H30N6O. The van der Waals surface area contributed by atoms with Gasteiger partial charge in [-0.05, 0) is 50.2 Å². The normalized spacial score (nSPS) is 14.6. The molecule has 0 aromatic carbocycles. The molecule has 4 heterocycles. The monoisotopic (exact) mass is 418 g/mol. The second kappa shape index (κ2) is 9.31. The summed E-state index contributed by atoms with van der Waals surface area (Å²) in [6.45, 7) is 11.9. The quantitative estimate of drug-likeness (QED) is 0.667. The third kappa shape index (κ3) is 4.61. The van der Waals surface area contributed by atoms with Gasteiger partial charge in [0.25, 0.3) is 5.91 Å². The van der Waals surface area contributed by atoms with E-state index in [-0.39, 0.29) is 5.91 Å². The highest BCUT2D eigenvalue weighted by Gasteiger charge is 2.18. The standard InChI is InChI=1S/C24H30N6O/c1-4-28-10-12-29(13-11-28)23-8-7-20(15-26-23)16-27-24(31)22-14-18(2)30(19(22)3)21-6-5-9-25-17-21/h5-9,14-15,17H,4,10-13,16H2,1-3H3,(H,27,31). The fourth-order valence-electron chi connectivity index (χ4n) is 4.16. The lowest BCUT2D eigenvalue weighted by Gasteiger charge is -2.34. The van der Waals surface area contributed by atoms with Crippen molar-refractivity contribution in [3.63, 3.8) is 0 Å². The van der Waals surface area contributed by atoms with Crippen molar-refractivity contribution >= 4 is 11.7 Å². The van der Waals surface area contributed by atoms with Crippen molar-refractivity contribution in [1.29, 1.82) is 0 Å². The van der Waals surface area contributed by atoms with E-state index in [0.717, 1.165) is 61.2 Å². The molecule has 0 saturated carbocycles. The lowest BCUT2D eigenvalue weighted by molar-refractivity contribution is 0.0950. The van der Waals surface area contributed by atoms with Gasteiger partial charge < -0.3 is 19.7 Å². The number of hydrogen-bond acceptors (Lipinski definition) is 5. The summed E-state index contributed by atoms with van der Waals surface area (Å²) >= 11 is 0. The summed E-state index contributed by atoms with van der Waals surface area (Å²) in [5, 5.41) is 3.03. The van der Waals surface area contributed by atoms with Gasteiger partial charge >= 0.3 is 0 Å². The van der Waals surface area contributed by atoms with Crippen LogP contribution in [0.3, 0.4) is 0 Å². The largest absolute Gasteiger partial charge is 0.354 e. The fourth-order valence-corrected chi connectivity index (χ4v) is 4.16. The Kier molecular flexibility index (Phi) is 6.32. The number of piperazine rings is 1. The van der Waals surface area contributed by atoms with Crippen LogP contribution in [0, 0.1) is 13.8 Å². The predicted molar refractivity (Wildman–Crippen MR) is 123 cm³/mol. The molecule has 1 saturated heterocycles. The molecule has 1 amide bonds. The zero-order chi connectivity index (χ0) is 21.8. The summed E-state index contributed by atoms with van der Waals surface area (Å²) in [5.41, 5.74) is 4.54. The molecular weight excluding hydrogens is 388 g/mol. The topological polar surface area (TPSA) is 66.3 Å². The molecule has 7 nitrogen and oxygen atoms in total. The third-order valence-electron chi connectivity index (χ3n) is 5.99. The number of carbonyl (C=O) groups is 1. The van der Waals surface area contributed by atoms with E-state index in [9.17, 15) is 4.79 Å². The fraction of sp³-hybridized carbons (Fsp3) is 0.375. The smallest absolute Gasteiger partial charge is 0.253 e. The van der Waals surface area contributed by atoms with Crippen molar-refractivity contribution in [2.45, 2.75) is 27.3 Å².